The van der Waals surface area contributed by atoms with Gasteiger partial charge in [-0.2, -0.15) is 0 Å². The first-order valence-electron chi connectivity index (χ1n) is 10.5. The van der Waals surface area contributed by atoms with Crippen LogP contribution < -0.4 is 4.74 Å². The molecule has 1 heterocycles. The number of ether oxygens (including phenoxy) is 1. The summed E-state index contributed by atoms with van der Waals surface area (Å²) in [7, 11) is 0. The fraction of sp³-hybridized carbons (Fsp3) is 0.185. The molecular formula is C27H25NO4. The number of carboxylic acids is 1. The predicted molar refractivity (Wildman–Crippen MR) is 122 cm³/mol. The zero-order valence-corrected chi connectivity index (χ0v) is 18.1. The molecular weight excluding hydrogens is 402 g/mol. The molecule has 0 aliphatic carbocycles. The van der Waals surface area contributed by atoms with E-state index in [9.17, 15) is 9.90 Å². The van der Waals surface area contributed by atoms with Gasteiger partial charge in [0.1, 0.15) is 18.1 Å². The maximum absolute atomic E-state index is 11.4. The monoisotopic (exact) mass is 427 g/mol. The molecule has 0 radical (unpaired) electrons. The van der Waals surface area contributed by atoms with E-state index >= 15 is 0 Å². The van der Waals surface area contributed by atoms with Crippen molar-refractivity contribution in [3.63, 3.8) is 0 Å². The fourth-order valence-corrected chi connectivity index (χ4v) is 3.77. The summed E-state index contributed by atoms with van der Waals surface area (Å²) in [5.74, 6) is -0.572. The Hall–Kier alpha value is -3.86. The van der Waals surface area contributed by atoms with E-state index in [1.807, 2.05) is 42.5 Å². The third kappa shape index (κ3) is 4.89. The molecule has 2 atom stereocenters. The van der Waals surface area contributed by atoms with Gasteiger partial charge in [0.25, 0.3) is 0 Å². The minimum Gasteiger partial charge on any atom is -0.481 e. The van der Waals surface area contributed by atoms with Gasteiger partial charge in [0, 0.05) is 12.0 Å². The lowest BCUT2D eigenvalue weighted by Crippen LogP contribution is -2.11. The standard InChI is InChI=1S/C27H25NO4/c1-18-8-9-22(16-19(18)2)27(21-6-4-3-5-7-21)32-23-12-10-20(11-13-23)24(17-26(29)30)25-14-15-31-28-25/h3-16,24,27H,17H2,1-2H3,(H,29,30). The van der Waals surface area contributed by atoms with Crippen molar-refractivity contribution in [3.8, 4) is 5.75 Å². The summed E-state index contributed by atoms with van der Waals surface area (Å²) in [6.07, 6.45) is 1.13. The van der Waals surface area contributed by atoms with Crippen molar-refractivity contribution in [2.75, 3.05) is 0 Å². The predicted octanol–water partition coefficient (Wildman–Crippen LogP) is 6.07. The lowest BCUT2D eigenvalue weighted by atomic mass is 9.92. The summed E-state index contributed by atoms with van der Waals surface area (Å²) in [5, 5.41) is 13.3. The van der Waals surface area contributed by atoms with Gasteiger partial charge in [-0.25, -0.2) is 0 Å². The van der Waals surface area contributed by atoms with Crippen LogP contribution in [0, 0.1) is 13.8 Å². The molecule has 2 unspecified atom stereocenters. The maximum Gasteiger partial charge on any atom is 0.304 e. The maximum atomic E-state index is 11.4. The summed E-state index contributed by atoms with van der Waals surface area (Å²) in [6.45, 7) is 4.20. The third-order valence-electron chi connectivity index (χ3n) is 5.67. The second kappa shape index (κ2) is 9.52. The highest BCUT2D eigenvalue weighted by molar-refractivity contribution is 5.68. The van der Waals surface area contributed by atoms with Crippen molar-refractivity contribution >= 4 is 5.97 Å². The minimum absolute atomic E-state index is 0.0674. The van der Waals surface area contributed by atoms with Crippen molar-refractivity contribution in [2.24, 2.45) is 0 Å². The van der Waals surface area contributed by atoms with Gasteiger partial charge in [-0.3, -0.25) is 4.79 Å². The van der Waals surface area contributed by atoms with E-state index in [4.69, 9.17) is 9.26 Å². The zero-order chi connectivity index (χ0) is 22.5. The number of rotatable bonds is 8. The van der Waals surface area contributed by atoms with Gasteiger partial charge in [0.15, 0.2) is 0 Å². The highest BCUT2D eigenvalue weighted by Gasteiger charge is 2.21. The van der Waals surface area contributed by atoms with Gasteiger partial charge >= 0.3 is 5.97 Å². The molecule has 0 spiro atoms. The van der Waals surface area contributed by atoms with Crippen LogP contribution in [0.15, 0.2) is 89.6 Å². The van der Waals surface area contributed by atoms with E-state index in [1.165, 1.54) is 17.4 Å². The van der Waals surface area contributed by atoms with E-state index in [0.717, 1.165) is 16.7 Å². The van der Waals surface area contributed by atoms with Crippen molar-refractivity contribution < 1.29 is 19.2 Å². The van der Waals surface area contributed by atoms with Crippen molar-refractivity contribution in [2.45, 2.75) is 32.3 Å². The number of aryl methyl sites for hydroxylation is 2. The topological polar surface area (TPSA) is 72.6 Å². The van der Waals surface area contributed by atoms with Crippen molar-refractivity contribution in [1.29, 1.82) is 0 Å². The number of hydrogen-bond donors (Lipinski definition) is 1. The Labute approximate surface area is 187 Å². The zero-order valence-electron chi connectivity index (χ0n) is 18.1. The second-order valence-corrected chi connectivity index (χ2v) is 7.90. The number of nitrogens with zero attached hydrogens (tertiary/aromatic N) is 1. The number of aliphatic carboxylic acids is 1. The summed E-state index contributed by atoms with van der Waals surface area (Å²) < 4.78 is 11.4. The SMILES string of the molecule is Cc1ccc(C(Oc2ccc(C(CC(=O)O)c3ccon3)cc2)c2ccccc2)cc1C. The Balaban J connectivity index is 1.63. The molecule has 4 rings (SSSR count). The van der Waals surface area contributed by atoms with Gasteiger partial charge in [-0.1, -0.05) is 65.8 Å². The van der Waals surface area contributed by atoms with Crippen LogP contribution in [0.2, 0.25) is 0 Å². The van der Waals surface area contributed by atoms with Crippen molar-refractivity contribution in [3.05, 3.63) is 119 Å². The molecule has 0 amide bonds. The summed E-state index contributed by atoms with van der Waals surface area (Å²) in [4.78, 5) is 11.4. The molecule has 0 saturated carbocycles. The third-order valence-corrected chi connectivity index (χ3v) is 5.67. The van der Waals surface area contributed by atoms with E-state index in [-0.39, 0.29) is 18.4 Å². The molecule has 5 nitrogen and oxygen atoms in total. The first kappa shape index (κ1) is 21.4. The van der Waals surface area contributed by atoms with E-state index in [1.54, 1.807) is 6.07 Å². The quantitative estimate of drug-likeness (QED) is 0.370. The molecule has 162 valence electrons. The number of aromatic nitrogens is 1. The lowest BCUT2D eigenvalue weighted by Gasteiger charge is -2.22. The molecule has 1 aromatic heterocycles. The van der Waals surface area contributed by atoms with Gasteiger partial charge in [-0.05, 0) is 53.8 Å². The first-order chi connectivity index (χ1) is 15.5. The Morgan fingerprint density at radius 2 is 1.62 bits per heavy atom. The van der Waals surface area contributed by atoms with Gasteiger partial charge in [-0.15, -0.1) is 0 Å². The second-order valence-electron chi connectivity index (χ2n) is 7.90. The van der Waals surface area contributed by atoms with Crippen LogP contribution in [-0.2, 0) is 4.79 Å². The fourth-order valence-electron chi connectivity index (χ4n) is 3.77. The molecule has 0 aliphatic rings. The molecule has 0 saturated heterocycles. The molecule has 3 aromatic carbocycles. The summed E-state index contributed by atoms with van der Waals surface area (Å²) >= 11 is 0. The molecule has 0 aliphatic heterocycles. The van der Waals surface area contributed by atoms with Crippen LogP contribution in [0.3, 0.4) is 0 Å². The summed E-state index contributed by atoms with van der Waals surface area (Å²) in [6, 6.07) is 25.7. The molecule has 5 heteroatoms. The largest absolute Gasteiger partial charge is 0.481 e. The highest BCUT2D eigenvalue weighted by Crippen LogP contribution is 2.32. The first-order valence-corrected chi connectivity index (χ1v) is 10.5. The van der Waals surface area contributed by atoms with Crippen LogP contribution >= 0.6 is 0 Å². The lowest BCUT2D eigenvalue weighted by molar-refractivity contribution is -0.137. The average Bonchev–Trinajstić information content (AvgIpc) is 3.33. The normalized spacial score (nSPS) is 12.8. The van der Waals surface area contributed by atoms with Crippen molar-refractivity contribution in [1.82, 2.24) is 5.16 Å². The van der Waals surface area contributed by atoms with E-state index in [2.05, 4.69) is 49.3 Å². The molecule has 0 fully saturated rings. The molecule has 0 bridgehead atoms. The molecule has 4 aromatic rings. The molecule has 1 N–H and O–H groups in total. The Morgan fingerprint density at radius 3 is 2.25 bits per heavy atom. The van der Waals surface area contributed by atoms with Crippen LogP contribution in [0.25, 0.3) is 0 Å². The van der Waals surface area contributed by atoms with Crippen LogP contribution in [0.5, 0.6) is 5.75 Å². The Kier molecular flexibility index (Phi) is 6.36. The van der Waals surface area contributed by atoms with E-state index < -0.39 is 5.97 Å². The van der Waals surface area contributed by atoms with Gasteiger partial charge in [0.2, 0.25) is 0 Å². The smallest absolute Gasteiger partial charge is 0.304 e. The van der Waals surface area contributed by atoms with E-state index in [0.29, 0.717) is 11.4 Å². The Bertz CT molecular complexity index is 1170. The van der Waals surface area contributed by atoms with Crippen LogP contribution in [0.4, 0.5) is 0 Å². The molecule has 32 heavy (non-hydrogen) atoms. The van der Waals surface area contributed by atoms with Gasteiger partial charge < -0.3 is 14.4 Å². The van der Waals surface area contributed by atoms with Gasteiger partial charge in [0.05, 0.1) is 12.1 Å². The number of carbonyl (C=O) groups is 1. The number of carboxylic acid groups (broad SMARTS) is 1. The number of benzene rings is 3. The highest BCUT2D eigenvalue weighted by atomic mass is 16.5. The van der Waals surface area contributed by atoms with Crippen LogP contribution in [-0.4, -0.2) is 16.2 Å². The minimum atomic E-state index is -0.891. The van der Waals surface area contributed by atoms with Crippen LogP contribution in [0.1, 0.15) is 52.0 Å². The summed E-state index contributed by atoms with van der Waals surface area (Å²) in [5.41, 5.74) is 6.03. The Morgan fingerprint density at radius 1 is 0.906 bits per heavy atom. The average molecular weight is 428 g/mol. The number of hydrogen-bond acceptors (Lipinski definition) is 4.